The van der Waals surface area contributed by atoms with Gasteiger partial charge in [0.15, 0.2) is 0 Å². The Labute approximate surface area is 184 Å². The fourth-order valence-electron chi connectivity index (χ4n) is 3.39. The number of carbonyl (C=O) groups is 1. The summed E-state index contributed by atoms with van der Waals surface area (Å²) in [5.74, 6) is -0.610. The van der Waals surface area contributed by atoms with Crippen LogP contribution in [0.5, 0.6) is 0 Å². The van der Waals surface area contributed by atoms with Crippen molar-refractivity contribution in [3.63, 3.8) is 0 Å². The average molecular weight is 446 g/mol. The summed E-state index contributed by atoms with van der Waals surface area (Å²) in [6.07, 6.45) is 5.16. The van der Waals surface area contributed by atoms with Gasteiger partial charge in [-0.1, -0.05) is 0 Å². The number of hydrogen-bond acceptors (Lipinski definition) is 3. The zero-order valence-corrected chi connectivity index (χ0v) is 17.8. The fourth-order valence-corrected chi connectivity index (χ4v) is 3.39. The van der Waals surface area contributed by atoms with Crippen LogP contribution >= 0.6 is 0 Å². The minimum Gasteiger partial charge on any atom is -0.412 e. The van der Waals surface area contributed by atoms with Crippen LogP contribution in [0.4, 0.5) is 8.78 Å². The van der Waals surface area contributed by atoms with E-state index < -0.39 is 0 Å². The molecule has 2 heterocycles. The number of hydrogen-bond donors (Lipinski definition) is 4. The van der Waals surface area contributed by atoms with Crippen LogP contribution in [0.25, 0.3) is 21.8 Å². The second kappa shape index (κ2) is 11.9. The summed E-state index contributed by atoms with van der Waals surface area (Å²) in [4.78, 5) is 17.3. The number of nitrogens with two attached hydrogens (primary N) is 1. The number of aromatic nitrogens is 2. The maximum absolute atomic E-state index is 13.1. The summed E-state index contributed by atoms with van der Waals surface area (Å²) in [5, 5.41) is 4.52. The first kappa shape index (κ1) is 25.0. The number of amides is 1. The second-order valence-corrected chi connectivity index (χ2v) is 7.08. The smallest absolute Gasteiger partial charge is 0.245 e. The van der Waals surface area contributed by atoms with Crippen molar-refractivity contribution in [2.45, 2.75) is 12.8 Å². The van der Waals surface area contributed by atoms with Gasteiger partial charge in [0.1, 0.15) is 18.2 Å². The number of aromatic amines is 2. The van der Waals surface area contributed by atoms with E-state index in [-0.39, 0.29) is 29.6 Å². The topological polar surface area (TPSA) is 127 Å². The van der Waals surface area contributed by atoms with Gasteiger partial charge in [0, 0.05) is 47.9 Å². The molecule has 32 heavy (non-hydrogen) atoms. The van der Waals surface area contributed by atoms with Crippen molar-refractivity contribution in [2.75, 3.05) is 26.8 Å². The highest BCUT2D eigenvalue weighted by molar-refractivity contribution is 5.84. The van der Waals surface area contributed by atoms with E-state index >= 15 is 0 Å². The molecular formula is C23H28F2N4O3. The first-order chi connectivity index (χ1) is 15.0. The van der Waals surface area contributed by atoms with Crippen molar-refractivity contribution in [3.8, 4) is 0 Å². The standard InChI is InChI=1S/C13H15FN2O2.C10H11FN2.H2O/c1-18-8-13(17)15-5-4-9-7-16-12-3-2-10(14)6-11(9)12;11-8-1-2-10-9(5-8)7(3-4-12)6-13-10;/h2-3,6-7,16H,4-5,8H2,1H3,(H,15,17);1-2,5-6,13H,3-4,12H2;1H2. The van der Waals surface area contributed by atoms with E-state index in [1.165, 1.54) is 31.4 Å². The van der Waals surface area contributed by atoms with Crippen LogP contribution < -0.4 is 11.1 Å². The molecule has 0 saturated carbocycles. The summed E-state index contributed by atoms with van der Waals surface area (Å²) in [6, 6.07) is 9.35. The van der Waals surface area contributed by atoms with Crippen LogP contribution in [-0.2, 0) is 22.4 Å². The molecule has 0 aliphatic rings. The molecule has 172 valence electrons. The molecule has 9 heteroatoms. The highest BCUT2D eigenvalue weighted by Gasteiger charge is 2.06. The van der Waals surface area contributed by atoms with Crippen LogP contribution in [0, 0.1) is 11.6 Å². The Bertz CT molecular complexity index is 1160. The molecule has 0 radical (unpaired) electrons. The molecule has 0 unspecified atom stereocenters. The molecule has 2 aromatic heterocycles. The fraction of sp³-hybridized carbons (Fsp3) is 0.261. The van der Waals surface area contributed by atoms with Gasteiger partial charge >= 0.3 is 0 Å². The van der Waals surface area contributed by atoms with Gasteiger partial charge in [0.05, 0.1) is 0 Å². The third-order valence-electron chi connectivity index (χ3n) is 4.86. The van der Waals surface area contributed by atoms with Crippen molar-refractivity contribution in [3.05, 3.63) is 71.6 Å². The number of ether oxygens (including phenoxy) is 1. The van der Waals surface area contributed by atoms with Gasteiger partial charge in [-0.2, -0.15) is 0 Å². The lowest BCUT2D eigenvalue weighted by Gasteiger charge is -2.03. The zero-order valence-electron chi connectivity index (χ0n) is 17.8. The third-order valence-corrected chi connectivity index (χ3v) is 4.86. The minimum absolute atomic E-state index is 0. The monoisotopic (exact) mass is 446 g/mol. The van der Waals surface area contributed by atoms with Crippen LogP contribution in [0.15, 0.2) is 48.8 Å². The van der Waals surface area contributed by atoms with E-state index in [0.717, 1.165) is 39.4 Å². The molecular weight excluding hydrogens is 418 g/mol. The van der Waals surface area contributed by atoms with Gasteiger partial charge in [0.2, 0.25) is 5.91 Å². The SMILES string of the molecule is COCC(=O)NCCc1c[nH]c2ccc(F)cc12.NCCc1c[nH]c2ccc(F)cc12.O. The third kappa shape index (κ3) is 6.36. The lowest BCUT2D eigenvalue weighted by Crippen LogP contribution is -2.28. The average Bonchev–Trinajstić information content (AvgIpc) is 3.33. The Kier molecular flexibility index (Phi) is 9.33. The summed E-state index contributed by atoms with van der Waals surface area (Å²) < 4.78 is 30.7. The van der Waals surface area contributed by atoms with Crippen molar-refractivity contribution < 1.29 is 23.8 Å². The van der Waals surface area contributed by atoms with E-state index in [2.05, 4.69) is 15.3 Å². The maximum Gasteiger partial charge on any atom is 0.245 e. The second-order valence-electron chi connectivity index (χ2n) is 7.08. The van der Waals surface area contributed by atoms with Gasteiger partial charge in [0.25, 0.3) is 0 Å². The van der Waals surface area contributed by atoms with Crippen molar-refractivity contribution in [1.82, 2.24) is 15.3 Å². The largest absolute Gasteiger partial charge is 0.412 e. The first-order valence-electron chi connectivity index (χ1n) is 9.98. The Morgan fingerprint density at radius 2 is 1.50 bits per heavy atom. The molecule has 1 amide bonds. The molecule has 0 spiro atoms. The summed E-state index contributed by atoms with van der Waals surface area (Å²) in [6.45, 7) is 1.15. The molecule has 7 nitrogen and oxygen atoms in total. The predicted molar refractivity (Wildman–Crippen MR) is 121 cm³/mol. The maximum atomic E-state index is 13.1. The molecule has 4 aromatic rings. The number of methoxy groups -OCH3 is 1. The first-order valence-corrected chi connectivity index (χ1v) is 9.98. The molecule has 7 N–H and O–H groups in total. The summed E-state index contributed by atoms with van der Waals surface area (Å²) >= 11 is 0. The van der Waals surface area contributed by atoms with E-state index in [1.54, 1.807) is 12.1 Å². The van der Waals surface area contributed by atoms with Crippen LogP contribution in [-0.4, -0.2) is 48.2 Å². The normalized spacial score (nSPS) is 10.5. The lowest BCUT2D eigenvalue weighted by molar-refractivity contribution is -0.124. The number of benzene rings is 2. The number of carbonyl (C=O) groups excluding carboxylic acids is 1. The molecule has 0 atom stereocenters. The quantitative estimate of drug-likeness (QED) is 0.348. The number of H-pyrrole nitrogens is 2. The molecule has 0 bridgehead atoms. The number of halogens is 2. The minimum atomic E-state index is -0.258. The summed E-state index contributed by atoms with van der Waals surface area (Å²) in [5.41, 5.74) is 9.37. The lowest BCUT2D eigenvalue weighted by atomic mass is 10.1. The summed E-state index contributed by atoms with van der Waals surface area (Å²) in [7, 11) is 1.47. The Hall–Kier alpha value is -3.27. The Morgan fingerprint density at radius 1 is 0.969 bits per heavy atom. The predicted octanol–water partition coefficient (Wildman–Crippen LogP) is 2.60. The van der Waals surface area contributed by atoms with Crippen molar-refractivity contribution >= 4 is 27.7 Å². The molecule has 4 rings (SSSR count). The van der Waals surface area contributed by atoms with Gasteiger partial charge in [-0.05, 0) is 66.9 Å². The molecule has 0 fully saturated rings. The molecule has 0 saturated heterocycles. The highest BCUT2D eigenvalue weighted by atomic mass is 19.1. The van der Waals surface area contributed by atoms with Gasteiger partial charge in [-0.15, -0.1) is 0 Å². The van der Waals surface area contributed by atoms with Crippen molar-refractivity contribution in [2.24, 2.45) is 5.73 Å². The zero-order chi connectivity index (χ0) is 22.2. The highest BCUT2D eigenvalue weighted by Crippen LogP contribution is 2.20. The van der Waals surface area contributed by atoms with Crippen LogP contribution in [0.1, 0.15) is 11.1 Å². The number of rotatable bonds is 7. The number of fused-ring (bicyclic) bond motifs is 2. The van der Waals surface area contributed by atoms with E-state index in [1.807, 2.05) is 12.4 Å². The van der Waals surface area contributed by atoms with Crippen LogP contribution in [0.3, 0.4) is 0 Å². The van der Waals surface area contributed by atoms with E-state index in [4.69, 9.17) is 10.5 Å². The molecule has 2 aromatic carbocycles. The Balaban J connectivity index is 0.000000230. The molecule has 0 aliphatic heterocycles. The van der Waals surface area contributed by atoms with Crippen LogP contribution in [0.2, 0.25) is 0 Å². The van der Waals surface area contributed by atoms with Crippen molar-refractivity contribution in [1.29, 1.82) is 0 Å². The van der Waals surface area contributed by atoms with E-state index in [9.17, 15) is 13.6 Å². The Morgan fingerprint density at radius 3 is 2.00 bits per heavy atom. The number of nitrogens with one attached hydrogen (secondary N) is 3. The molecule has 0 aliphatic carbocycles. The van der Waals surface area contributed by atoms with E-state index in [0.29, 0.717) is 19.5 Å². The van der Waals surface area contributed by atoms with Gasteiger partial charge in [-0.25, -0.2) is 8.78 Å². The van der Waals surface area contributed by atoms with Gasteiger partial charge in [-0.3, -0.25) is 4.79 Å². The van der Waals surface area contributed by atoms with Gasteiger partial charge < -0.3 is 31.2 Å².